The summed E-state index contributed by atoms with van der Waals surface area (Å²) in [6, 6.07) is 22.6. The summed E-state index contributed by atoms with van der Waals surface area (Å²) in [5.41, 5.74) is 5.70. The minimum Gasteiger partial charge on any atom is -0.346 e. The van der Waals surface area contributed by atoms with Crippen LogP contribution in [0.25, 0.3) is 22.2 Å². The summed E-state index contributed by atoms with van der Waals surface area (Å²) in [4.78, 5) is 29.6. The predicted octanol–water partition coefficient (Wildman–Crippen LogP) is 4.75. The van der Waals surface area contributed by atoms with E-state index >= 15 is 0 Å². The molecule has 1 aromatic heterocycles. The molecule has 0 fully saturated rings. The molecule has 0 spiro atoms. The van der Waals surface area contributed by atoms with Crippen LogP contribution in [0.15, 0.2) is 71.5 Å². The van der Waals surface area contributed by atoms with Gasteiger partial charge in [0.15, 0.2) is 0 Å². The molecule has 0 aliphatic carbocycles. The molecule has 164 valence electrons. The molecule has 1 atom stereocenters. The van der Waals surface area contributed by atoms with Gasteiger partial charge >= 0.3 is 0 Å². The van der Waals surface area contributed by atoms with Crippen molar-refractivity contribution in [1.29, 1.82) is 5.26 Å². The number of benzene rings is 3. The Balaban J connectivity index is 1.53. The van der Waals surface area contributed by atoms with Gasteiger partial charge in [-0.1, -0.05) is 36.4 Å². The molecule has 1 unspecified atom stereocenters. The van der Waals surface area contributed by atoms with Crippen LogP contribution in [0.3, 0.4) is 0 Å². The average Bonchev–Trinajstić information content (AvgIpc) is 2.84. The van der Waals surface area contributed by atoms with Gasteiger partial charge in [-0.05, 0) is 67.8 Å². The lowest BCUT2D eigenvalue weighted by Gasteiger charge is -2.16. The molecular weight excluding hydrogens is 412 g/mol. The quantitative estimate of drug-likeness (QED) is 0.489. The zero-order valence-corrected chi connectivity index (χ0v) is 18.8. The highest BCUT2D eigenvalue weighted by molar-refractivity contribution is 5.97. The standard InChI is InChI=1S/C27H24N4O2/c1-4-31-25-13-12-23(15-24(25)29-18(3)27(31)33)26(32)30-17(2)20-8-10-21(11-9-20)22-7-5-6-19(14-22)16-28/h5-15,17H,4H2,1-3H3,(H,30,32). The molecule has 4 aromatic rings. The number of hydrogen-bond acceptors (Lipinski definition) is 4. The largest absolute Gasteiger partial charge is 0.346 e. The number of fused-ring (bicyclic) bond motifs is 1. The summed E-state index contributed by atoms with van der Waals surface area (Å²) >= 11 is 0. The van der Waals surface area contributed by atoms with Crippen molar-refractivity contribution in [2.75, 3.05) is 0 Å². The van der Waals surface area contributed by atoms with Gasteiger partial charge < -0.3 is 9.88 Å². The molecule has 0 saturated heterocycles. The number of nitrogens with zero attached hydrogens (tertiary/aromatic N) is 3. The van der Waals surface area contributed by atoms with E-state index < -0.39 is 0 Å². The Bertz CT molecular complexity index is 1450. The Labute approximate surface area is 192 Å². The zero-order chi connectivity index (χ0) is 23.5. The van der Waals surface area contributed by atoms with E-state index in [2.05, 4.69) is 16.4 Å². The molecule has 4 rings (SSSR count). The van der Waals surface area contributed by atoms with Crippen molar-refractivity contribution in [3.05, 3.63) is 99.5 Å². The smallest absolute Gasteiger partial charge is 0.272 e. The number of aryl methyl sites for hydroxylation is 2. The number of nitrogens with one attached hydrogen (secondary N) is 1. The van der Waals surface area contributed by atoms with E-state index in [1.165, 1.54) is 0 Å². The van der Waals surface area contributed by atoms with Crippen molar-refractivity contribution in [2.24, 2.45) is 0 Å². The van der Waals surface area contributed by atoms with Gasteiger partial charge in [0.2, 0.25) is 0 Å². The van der Waals surface area contributed by atoms with Crippen LogP contribution < -0.4 is 10.9 Å². The lowest BCUT2D eigenvalue weighted by molar-refractivity contribution is 0.0940. The minimum atomic E-state index is -0.205. The normalized spacial score (nSPS) is 11.7. The molecule has 1 heterocycles. The fourth-order valence-electron chi connectivity index (χ4n) is 3.93. The summed E-state index contributed by atoms with van der Waals surface area (Å²) in [6.45, 7) is 6.07. The van der Waals surface area contributed by atoms with Crippen LogP contribution in [0.5, 0.6) is 0 Å². The first kappa shape index (κ1) is 22.0. The number of rotatable bonds is 5. The Kier molecular flexibility index (Phi) is 6.05. The third-order valence-electron chi connectivity index (χ3n) is 5.77. The highest BCUT2D eigenvalue weighted by atomic mass is 16.1. The molecule has 3 aromatic carbocycles. The van der Waals surface area contributed by atoms with E-state index in [1.807, 2.05) is 56.3 Å². The van der Waals surface area contributed by atoms with Crippen molar-refractivity contribution in [3.8, 4) is 17.2 Å². The first-order chi connectivity index (χ1) is 15.9. The molecule has 0 aliphatic rings. The number of hydrogen-bond donors (Lipinski definition) is 1. The van der Waals surface area contributed by atoms with Gasteiger partial charge in [-0.2, -0.15) is 5.26 Å². The molecule has 0 bridgehead atoms. The van der Waals surface area contributed by atoms with Gasteiger partial charge in [0, 0.05) is 12.1 Å². The number of aromatic nitrogens is 2. The van der Waals surface area contributed by atoms with Crippen LogP contribution in [-0.2, 0) is 6.54 Å². The maximum Gasteiger partial charge on any atom is 0.272 e. The van der Waals surface area contributed by atoms with Crippen molar-refractivity contribution < 1.29 is 4.79 Å². The van der Waals surface area contributed by atoms with Gasteiger partial charge in [-0.25, -0.2) is 4.98 Å². The Morgan fingerprint density at radius 1 is 1.09 bits per heavy atom. The fourth-order valence-corrected chi connectivity index (χ4v) is 3.93. The van der Waals surface area contributed by atoms with E-state index in [9.17, 15) is 9.59 Å². The molecular formula is C27H24N4O2. The molecule has 0 aliphatic heterocycles. The summed E-state index contributed by atoms with van der Waals surface area (Å²) in [5.74, 6) is -0.205. The summed E-state index contributed by atoms with van der Waals surface area (Å²) in [6.07, 6.45) is 0. The second-order valence-corrected chi connectivity index (χ2v) is 7.96. The number of amides is 1. The third-order valence-corrected chi connectivity index (χ3v) is 5.77. The zero-order valence-electron chi connectivity index (χ0n) is 18.8. The van der Waals surface area contributed by atoms with Crippen LogP contribution in [0.2, 0.25) is 0 Å². The van der Waals surface area contributed by atoms with Gasteiger partial charge in [0.25, 0.3) is 11.5 Å². The molecule has 0 saturated carbocycles. The Hall–Kier alpha value is -4.24. The highest BCUT2D eigenvalue weighted by Gasteiger charge is 2.14. The number of carbonyl (C=O) groups is 1. The summed E-state index contributed by atoms with van der Waals surface area (Å²) in [5, 5.41) is 12.1. The lowest BCUT2D eigenvalue weighted by Crippen LogP contribution is -2.27. The molecule has 6 heteroatoms. The lowest BCUT2D eigenvalue weighted by atomic mass is 10.00. The first-order valence-electron chi connectivity index (χ1n) is 10.8. The van der Waals surface area contributed by atoms with Crippen LogP contribution in [0, 0.1) is 18.3 Å². The molecule has 6 nitrogen and oxygen atoms in total. The molecule has 33 heavy (non-hydrogen) atoms. The maximum atomic E-state index is 12.9. The summed E-state index contributed by atoms with van der Waals surface area (Å²) in [7, 11) is 0. The Morgan fingerprint density at radius 3 is 2.55 bits per heavy atom. The molecule has 1 amide bonds. The van der Waals surface area contributed by atoms with E-state index in [-0.39, 0.29) is 17.5 Å². The van der Waals surface area contributed by atoms with E-state index in [1.54, 1.807) is 35.8 Å². The maximum absolute atomic E-state index is 12.9. The topological polar surface area (TPSA) is 87.8 Å². The molecule has 0 radical (unpaired) electrons. The van der Waals surface area contributed by atoms with Crippen LogP contribution in [0.4, 0.5) is 0 Å². The minimum absolute atomic E-state index is 0.112. The monoisotopic (exact) mass is 436 g/mol. The average molecular weight is 437 g/mol. The Morgan fingerprint density at radius 2 is 1.85 bits per heavy atom. The first-order valence-corrected chi connectivity index (χ1v) is 10.8. The van der Waals surface area contributed by atoms with Crippen LogP contribution in [0.1, 0.15) is 47.1 Å². The second kappa shape index (κ2) is 9.09. The van der Waals surface area contributed by atoms with E-state index in [0.717, 1.165) is 16.7 Å². The van der Waals surface area contributed by atoms with Crippen molar-refractivity contribution >= 4 is 16.9 Å². The number of nitriles is 1. The highest BCUT2D eigenvalue weighted by Crippen LogP contribution is 2.23. The fraction of sp³-hybridized carbons (Fsp3) is 0.185. The van der Waals surface area contributed by atoms with Crippen LogP contribution in [-0.4, -0.2) is 15.5 Å². The van der Waals surface area contributed by atoms with Crippen molar-refractivity contribution in [2.45, 2.75) is 33.4 Å². The van der Waals surface area contributed by atoms with E-state index in [4.69, 9.17) is 5.26 Å². The third kappa shape index (κ3) is 4.39. The van der Waals surface area contributed by atoms with Crippen molar-refractivity contribution in [1.82, 2.24) is 14.9 Å². The molecule has 1 N–H and O–H groups in total. The van der Waals surface area contributed by atoms with Crippen molar-refractivity contribution in [3.63, 3.8) is 0 Å². The van der Waals surface area contributed by atoms with Gasteiger partial charge in [0.1, 0.15) is 5.69 Å². The van der Waals surface area contributed by atoms with Gasteiger partial charge in [0.05, 0.1) is 28.7 Å². The predicted molar refractivity (Wildman–Crippen MR) is 129 cm³/mol. The van der Waals surface area contributed by atoms with Crippen LogP contribution >= 0.6 is 0 Å². The second-order valence-electron chi connectivity index (χ2n) is 7.96. The van der Waals surface area contributed by atoms with Gasteiger partial charge in [-0.15, -0.1) is 0 Å². The SMILES string of the molecule is CCn1c(=O)c(C)nc2cc(C(=O)NC(C)c3ccc(-c4cccc(C#N)c4)cc3)ccc21. The summed E-state index contributed by atoms with van der Waals surface area (Å²) < 4.78 is 1.66. The van der Waals surface area contributed by atoms with Gasteiger partial charge in [-0.3, -0.25) is 9.59 Å². The number of carbonyl (C=O) groups excluding carboxylic acids is 1. The van der Waals surface area contributed by atoms with E-state index in [0.29, 0.717) is 34.4 Å².